The molecule has 4 nitrogen and oxygen atoms in total. The summed E-state index contributed by atoms with van der Waals surface area (Å²) in [4.78, 5) is 12.4. The van der Waals surface area contributed by atoms with Gasteiger partial charge >= 0.3 is 5.97 Å². The number of nitrogens with two attached hydrogens (primary N) is 1. The van der Waals surface area contributed by atoms with Crippen molar-refractivity contribution in [1.82, 2.24) is 0 Å². The quantitative estimate of drug-likeness (QED) is 0.773. The first kappa shape index (κ1) is 13.2. The Morgan fingerprint density at radius 2 is 2.38 bits per heavy atom. The van der Waals surface area contributed by atoms with Crippen molar-refractivity contribution in [2.24, 2.45) is 5.73 Å². The summed E-state index contributed by atoms with van der Waals surface area (Å²) in [5.41, 5.74) is 5.75. The minimum absolute atomic E-state index is 0.265. The average Bonchev–Trinajstić information content (AvgIpc) is 2.78. The highest BCUT2D eigenvalue weighted by atomic mass is 32.1. The van der Waals surface area contributed by atoms with Gasteiger partial charge in [-0.25, -0.2) is 4.79 Å². The predicted octanol–water partition coefficient (Wildman–Crippen LogP) is 1.72. The number of ether oxygens (including phenoxy) is 2. The third-order valence-electron chi connectivity index (χ3n) is 1.98. The summed E-state index contributed by atoms with van der Waals surface area (Å²) in [5, 5.41) is 1.88. The Labute approximate surface area is 99.4 Å². The standard InChI is InChI=1S/C11H17NO3S/c1-3-14-7-8(2)15-11(13)10(12)9-5-4-6-16-9/h4-6,8,10H,3,7,12H2,1-2H3. The number of carbonyl (C=O) groups excluding carboxylic acids is 1. The summed E-state index contributed by atoms with van der Waals surface area (Å²) < 4.78 is 10.3. The van der Waals surface area contributed by atoms with Crippen molar-refractivity contribution in [3.8, 4) is 0 Å². The van der Waals surface area contributed by atoms with Gasteiger partial charge in [0.25, 0.3) is 0 Å². The van der Waals surface area contributed by atoms with Crippen LogP contribution in [0.5, 0.6) is 0 Å². The largest absolute Gasteiger partial charge is 0.459 e. The van der Waals surface area contributed by atoms with E-state index >= 15 is 0 Å². The molecule has 1 heterocycles. The zero-order valence-electron chi connectivity index (χ0n) is 9.51. The van der Waals surface area contributed by atoms with Gasteiger partial charge in [0.05, 0.1) is 6.61 Å². The van der Waals surface area contributed by atoms with Gasteiger partial charge < -0.3 is 15.2 Å². The molecule has 0 amide bonds. The molecule has 1 rings (SSSR count). The molecule has 90 valence electrons. The number of thiophene rings is 1. The summed E-state index contributed by atoms with van der Waals surface area (Å²) in [6.07, 6.45) is -0.265. The summed E-state index contributed by atoms with van der Waals surface area (Å²) >= 11 is 1.45. The Hall–Kier alpha value is -0.910. The highest BCUT2D eigenvalue weighted by Crippen LogP contribution is 2.18. The average molecular weight is 243 g/mol. The first-order valence-electron chi connectivity index (χ1n) is 5.22. The van der Waals surface area contributed by atoms with Crippen molar-refractivity contribution in [2.75, 3.05) is 13.2 Å². The third-order valence-corrected chi connectivity index (χ3v) is 2.93. The van der Waals surface area contributed by atoms with Crippen molar-refractivity contribution < 1.29 is 14.3 Å². The van der Waals surface area contributed by atoms with Gasteiger partial charge in [-0.1, -0.05) is 6.07 Å². The summed E-state index contributed by atoms with van der Waals surface area (Å²) in [6, 6.07) is 2.99. The number of carbonyl (C=O) groups is 1. The van der Waals surface area contributed by atoms with Crippen LogP contribution >= 0.6 is 11.3 Å². The van der Waals surface area contributed by atoms with E-state index in [9.17, 15) is 4.79 Å². The summed E-state index contributed by atoms with van der Waals surface area (Å²) in [7, 11) is 0. The first-order valence-corrected chi connectivity index (χ1v) is 6.10. The summed E-state index contributed by atoms with van der Waals surface area (Å²) in [5.74, 6) is -0.408. The fourth-order valence-electron chi connectivity index (χ4n) is 1.17. The number of esters is 1. The van der Waals surface area contributed by atoms with Gasteiger partial charge in [0.15, 0.2) is 0 Å². The van der Waals surface area contributed by atoms with Crippen molar-refractivity contribution in [2.45, 2.75) is 26.0 Å². The Balaban J connectivity index is 2.40. The van der Waals surface area contributed by atoms with Crippen LogP contribution in [0.2, 0.25) is 0 Å². The van der Waals surface area contributed by atoms with E-state index in [1.165, 1.54) is 11.3 Å². The lowest BCUT2D eigenvalue weighted by Gasteiger charge is -2.15. The second-order valence-corrected chi connectivity index (χ2v) is 4.38. The van der Waals surface area contributed by atoms with Gasteiger partial charge in [-0.2, -0.15) is 0 Å². The molecule has 0 aliphatic rings. The zero-order valence-corrected chi connectivity index (χ0v) is 10.3. The van der Waals surface area contributed by atoms with Crippen LogP contribution in [0.4, 0.5) is 0 Å². The predicted molar refractivity (Wildman–Crippen MR) is 63.3 cm³/mol. The van der Waals surface area contributed by atoms with E-state index < -0.39 is 12.0 Å². The van der Waals surface area contributed by atoms with E-state index in [-0.39, 0.29) is 6.10 Å². The molecular formula is C11H17NO3S. The SMILES string of the molecule is CCOCC(C)OC(=O)C(N)c1cccs1. The van der Waals surface area contributed by atoms with Crippen LogP contribution in [0, 0.1) is 0 Å². The van der Waals surface area contributed by atoms with Crippen LogP contribution in [0.3, 0.4) is 0 Å². The monoisotopic (exact) mass is 243 g/mol. The molecule has 0 saturated heterocycles. The number of hydrogen-bond donors (Lipinski definition) is 1. The van der Waals surface area contributed by atoms with E-state index in [1.807, 2.05) is 24.4 Å². The minimum Gasteiger partial charge on any atom is -0.459 e. The molecule has 2 atom stereocenters. The molecule has 1 aromatic heterocycles. The maximum Gasteiger partial charge on any atom is 0.328 e. The smallest absolute Gasteiger partial charge is 0.328 e. The molecule has 2 unspecified atom stereocenters. The second kappa shape index (κ2) is 6.62. The topological polar surface area (TPSA) is 61.5 Å². The van der Waals surface area contributed by atoms with E-state index in [1.54, 1.807) is 6.92 Å². The van der Waals surface area contributed by atoms with E-state index in [0.29, 0.717) is 13.2 Å². The Bertz CT molecular complexity index is 313. The normalized spacial score (nSPS) is 14.4. The number of rotatable bonds is 6. The van der Waals surface area contributed by atoms with Crippen molar-refractivity contribution in [1.29, 1.82) is 0 Å². The molecule has 5 heteroatoms. The summed E-state index contributed by atoms with van der Waals surface area (Å²) in [6.45, 7) is 4.69. The lowest BCUT2D eigenvalue weighted by molar-refractivity contribution is -0.152. The molecule has 0 aliphatic carbocycles. The lowest BCUT2D eigenvalue weighted by Crippen LogP contribution is -2.28. The molecule has 0 aromatic carbocycles. The van der Waals surface area contributed by atoms with Crippen LogP contribution in [0.15, 0.2) is 17.5 Å². The molecule has 0 aliphatic heterocycles. The molecule has 0 fully saturated rings. The zero-order chi connectivity index (χ0) is 12.0. The van der Waals surface area contributed by atoms with E-state index in [2.05, 4.69) is 0 Å². The highest BCUT2D eigenvalue weighted by molar-refractivity contribution is 7.10. The molecule has 0 spiro atoms. The van der Waals surface area contributed by atoms with Crippen LogP contribution in [-0.4, -0.2) is 25.3 Å². The minimum atomic E-state index is -0.691. The molecule has 0 bridgehead atoms. The van der Waals surface area contributed by atoms with Crippen LogP contribution in [-0.2, 0) is 14.3 Å². The highest BCUT2D eigenvalue weighted by Gasteiger charge is 2.20. The van der Waals surface area contributed by atoms with Gasteiger partial charge in [-0.05, 0) is 25.3 Å². The van der Waals surface area contributed by atoms with Gasteiger partial charge in [-0.3, -0.25) is 0 Å². The molecule has 2 N–H and O–H groups in total. The van der Waals surface area contributed by atoms with Crippen LogP contribution in [0.1, 0.15) is 24.8 Å². The van der Waals surface area contributed by atoms with Crippen molar-refractivity contribution in [3.05, 3.63) is 22.4 Å². The van der Waals surface area contributed by atoms with Crippen LogP contribution in [0.25, 0.3) is 0 Å². The fourth-order valence-corrected chi connectivity index (χ4v) is 1.89. The van der Waals surface area contributed by atoms with Gasteiger partial charge in [0.1, 0.15) is 12.1 Å². The van der Waals surface area contributed by atoms with E-state index in [0.717, 1.165) is 4.88 Å². The lowest BCUT2D eigenvalue weighted by atomic mass is 10.2. The molecule has 16 heavy (non-hydrogen) atoms. The molecule has 1 aromatic rings. The Morgan fingerprint density at radius 1 is 1.62 bits per heavy atom. The van der Waals surface area contributed by atoms with E-state index in [4.69, 9.17) is 15.2 Å². The fraction of sp³-hybridized carbons (Fsp3) is 0.545. The maximum absolute atomic E-state index is 11.6. The van der Waals surface area contributed by atoms with Gasteiger partial charge in [0, 0.05) is 11.5 Å². The third kappa shape index (κ3) is 3.92. The Kier molecular flexibility index (Phi) is 5.45. The second-order valence-electron chi connectivity index (χ2n) is 3.40. The molecule has 0 radical (unpaired) electrons. The van der Waals surface area contributed by atoms with Crippen LogP contribution < -0.4 is 5.73 Å². The van der Waals surface area contributed by atoms with Gasteiger partial charge in [-0.15, -0.1) is 11.3 Å². The first-order chi connectivity index (χ1) is 7.65. The maximum atomic E-state index is 11.6. The van der Waals surface area contributed by atoms with Gasteiger partial charge in [0.2, 0.25) is 0 Å². The van der Waals surface area contributed by atoms with Crippen molar-refractivity contribution >= 4 is 17.3 Å². The van der Waals surface area contributed by atoms with Crippen molar-refractivity contribution in [3.63, 3.8) is 0 Å². The Morgan fingerprint density at radius 3 is 2.94 bits per heavy atom. The molecular weight excluding hydrogens is 226 g/mol. The number of hydrogen-bond acceptors (Lipinski definition) is 5. The molecule has 0 saturated carbocycles.